The molecule has 126 valence electrons. The fraction of sp³-hybridized carbons (Fsp3) is 0.158. The van der Waals surface area contributed by atoms with Crippen molar-refractivity contribution < 1.29 is 4.79 Å². The summed E-state index contributed by atoms with van der Waals surface area (Å²) in [6.45, 7) is 3.65. The zero-order valence-electron chi connectivity index (χ0n) is 14.0. The van der Waals surface area contributed by atoms with Crippen molar-refractivity contribution in [3.63, 3.8) is 0 Å². The van der Waals surface area contributed by atoms with Crippen LogP contribution < -0.4 is 10.9 Å². The van der Waals surface area contributed by atoms with Gasteiger partial charge in [-0.1, -0.05) is 29.8 Å². The number of amides is 1. The Morgan fingerprint density at radius 2 is 1.72 bits per heavy atom. The van der Waals surface area contributed by atoms with Crippen LogP contribution in [0.1, 0.15) is 18.5 Å². The van der Waals surface area contributed by atoms with E-state index in [4.69, 9.17) is 0 Å². The van der Waals surface area contributed by atoms with Crippen molar-refractivity contribution in [2.24, 2.45) is 0 Å². The second-order valence-electron chi connectivity index (χ2n) is 5.77. The molecule has 2 heterocycles. The Balaban J connectivity index is 1.88. The van der Waals surface area contributed by atoms with Crippen LogP contribution in [0.5, 0.6) is 0 Å². The minimum absolute atomic E-state index is 0.318. The summed E-state index contributed by atoms with van der Waals surface area (Å²) in [4.78, 5) is 28.5. The molecular formula is C19H18N4O2. The second-order valence-corrected chi connectivity index (χ2v) is 5.77. The Morgan fingerprint density at radius 1 is 1.04 bits per heavy atom. The van der Waals surface area contributed by atoms with Crippen LogP contribution in [0.15, 0.2) is 65.7 Å². The highest BCUT2D eigenvalue weighted by Crippen LogP contribution is 2.17. The summed E-state index contributed by atoms with van der Waals surface area (Å²) in [5.41, 5.74) is 2.97. The van der Waals surface area contributed by atoms with Gasteiger partial charge in [0.2, 0.25) is 5.91 Å². The number of nitrogens with zero attached hydrogens (tertiary/aromatic N) is 3. The maximum absolute atomic E-state index is 12.4. The number of hydrogen-bond acceptors (Lipinski definition) is 4. The molecule has 1 N–H and O–H groups in total. The lowest BCUT2D eigenvalue weighted by Crippen LogP contribution is -2.33. The van der Waals surface area contributed by atoms with Gasteiger partial charge in [-0.2, -0.15) is 5.10 Å². The average Bonchev–Trinajstić information content (AvgIpc) is 2.63. The molecular weight excluding hydrogens is 316 g/mol. The summed E-state index contributed by atoms with van der Waals surface area (Å²) in [6, 6.07) is 13.6. The number of carbonyl (C=O) groups is 1. The van der Waals surface area contributed by atoms with Crippen LogP contribution >= 0.6 is 0 Å². The molecule has 3 rings (SSSR count). The first-order valence-electron chi connectivity index (χ1n) is 7.92. The van der Waals surface area contributed by atoms with Crippen molar-refractivity contribution in [3.8, 4) is 11.3 Å². The van der Waals surface area contributed by atoms with E-state index in [0.29, 0.717) is 11.4 Å². The molecule has 2 aromatic heterocycles. The Bertz CT molecular complexity index is 934. The lowest BCUT2D eigenvalue weighted by Gasteiger charge is -2.15. The summed E-state index contributed by atoms with van der Waals surface area (Å²) in [5.74, 6) is -0.318. The average molecular weight is 334 g/mol. The van der Waals surface area contributed by atoms with Gasteiger partial charge in [0.1, 0.15) is 6.04 Å². The van der Waals surface area contributed by atoms with Crippen molar-refractivity contribution in [1.82, 2.24) is 14.8 Å². The summed E-state index contributed by atoms with van der Waals surface area (Å²) in [5, 5.41) is 7.12. The lowest BCUT2D eigenvalue weighted by molar-refractivity contribution is -0.119. The van der Waals surface area contributed by atoms with Crippen molar-refractivity contribution in [2.45, 2.75) is 19.9 Å². The van der Waals surface area contributed by atoms with Crippen LogP contribution in [0.4, 0.5) is 5.69 Å². The highest BCUT2D eigenvalue weighted by atomic mass is 16.2. The predicted octanol–water partition coefficient (Wildman–Crippen LogP) is 2.81. The fourth-order valence-electron chi connectivity index (χ4n) is 2.37. The summed E-state index contributed by atoms with van der Waals surface area (Å²) >= 11 is 0. The third-order valence-electron chi connectivity index (χ3n) is 3.87. The topological polar surface area (TPSA) is 76.9 Å². The van der Waals surface area contributed by atoms with Crippen LogP contribution in [-0.4, -0.2) is 20.7 Å². The number of anilines is 1. The van der Waals surface area contributed by atoms with Gasteiger partial charge >= 0.3 is 0 Å². The van der Waals surface area contributed by atoms with E-state index in [0.717, 1.165) is 11.1 Å². The Morgan fingerprint density at radius 3 is 2.40 bits per heavy atom. The molecule has 1 atom stereocenters. The van der Waals surface area contributed by atoms with Gasteiger partial charge < -0.3 is 5.32 Å². The van der Waals surface area contributed by atoms with Crippen LogP contribution in [0, 0.1) is 6.92 Å². The second kappa shape index (κ2) is 7.09. The molecule has 6 heteroatoms. The number of nitrogens with one attached hydrogen (secondary N) is 1. The number of rotatable bonds is 4. The minimum atomic E-state index is -0.744. The van der Waals surface area contributed by atoms with Crippen molar-refractivity contribution in [2.75, 3.05) is 5.32 Å². The molecule has 0 aliphatic heterocycles. The molecule has 0 radical (unpaired) electrons. The Kier molecular flexibility index (Phi) is 4.70. The third kappa shape index (κ3) is 3.80. The molecule has 0 aliphatic rings. The molecule has 0 bridgehead atoms. The zero-order valence-corrected chi connectivity index (χ0v) is 14.0. The minimum Gasteiger partial charge on any atom is -0.324 e. The SMILES string of the molecule is Cc1ccc(-c2ccc(=O)n([C@H](C)C(=O)Nc3ccncc3)n2)cc1. The maximum atomic E-state index is 12.4. The first-order valence-corrected chi connectivity index (χ1v) is 7.92. The predicted molar refractivity (Wildman–Crippen MR) is 96.2 cm³/mol. The molecule has 25 heavy (non-hydrogen) atoms. The normalized spacial score (nSPS) is 11.8. The first kappa shape index (κ1) is 16.6. The van der Waals surface area contributed by atoms with Crippen molar-refractivity contribution in [1.29, 1.82) is 0 Å². The zero-order chi connectivity index (χ0) is 17.8. The molecule has 0 unspecified atom stereocenters. The van der Waals surface area contributed by atoms with Gasteiger partial charge in [0.25, 0.3) is 5.56 Å². The van der Waals surface area contributed by atoms with Gasteiger partial charge in [-0.05, 0) is 32.0 Å². The lowest BCUT2D eigenvalue weighted by atomic mass is 10.1. The number of benzene rings is 1. The number of pyridine rings is 1. The van der Waals surface area contributed by atoms with E-state index in [1.165, 1.54) is 10.7 Å². The van der Waals surface area contributed by atoms with E-state index in [9.17, 15) is 9.59 Å². The molecule has 0 saturated heterocycles. The van der Waals surface area contributed by atoms with Crippen LogP contribution in [0.3, 0.4) is 0 Å². The van der Waals surface area contributed by atoms with Gasteiger partial charge in [-0.25, -0.2) is 4.68 Å². The highest BCUT2D eigenvalue weighted by Gasteiger charge is 2.18. The summed E-state index contributed by atoms with van der Waals surface area (Å²) in [6.07, 6.45) is 3.17. The van der Waals surface area contributed by atoms with Gasteiger partial charge in [0, 0.05) is 29.7 Å². The fourth-order valence-corrected chi connectivity index (χ4v) is 2.37. The quantitative estimate of drug-likeness (QED) is 0.796. The summed E-state index contributed by atoms with van der Waals surface area (Å²) in [7, 11) is 0. The standard InChI is InChI=1S/C19H18N4O2/c1-13-3-5-15(6-4-13)17-7-8-18(24)23(22-17)14(2)19(25)21-16-9-11-20-12-10-16/h3-12,14H,1-2H3,(H,20,21,25)/t14-/m1/s1. The monoisotopic (exact) mass is 334 g/mol. The molecule has 0 spiro atoms. The van der Waals surface area contributed by atoms with E-state index in [2.05, 4.69) is 15.4 Å². The number of aromatic nitrogens is 3. The molecule has 0 saturated carbocycles. The number of carbonyl (C=O) groups excluding carboxylic acids is 1. The molecule has 1 amide bonds. The largest absolute Gasteiger partial charge is 0.324 e. The maximum Gasteiger partial charge on any atom is 0.267 e. The highest BCUT2D eigenvalue weighted by molar-refractivity contribution is 5.93. The van der Waals surface area contributed by atoms with E-state index < -0.39 is 6.04 Å². The van der Waals surface area contributed by atoms with E-state index in [-0.39, 0.29) is 11.5 Å². The third-order valence-corrected chi connectivity index (χ3v) is 3.87. The molecule has 0 fully saturated rings. The van der Waals surface area contributed by atoms with E-state index >= 15 is 0 Å². The molecule has 1 aromatic carbocycles. The molecule has 6 nitrogen and oxygen atoms in total. The summed E-state index contributed by atoms with van der Waals surface area (Å²) < 4.78 is 1.20. The van der Waals surface area contributed by atoms with Crippen molar-refractivity contribution in [3.05, 3.63) is 76.8 Å². The van der Waals surface area contributed by atoms with Crippen LogP contribution in [-0.2, 0) is 4.79 Å². The smallest absolute Gasteiger partial charge is 0.267 e. The van der Waals surface area contributed by atoms with Gasteiger partial charge in [0.05, 0.1) is 5.69 Å². The van der Waals surface area contributed by atoms with Crippen LogP contribution in [0.25, 0.3) is 11.3 Å². The van der Waals surface area contributed by atoms with Crippen LogP contribution in [0.2, 0.25) is 0 Å². The van der Waals surface area contributed by atoms with Gasteiger partial charge in [0.15, 0.2) is 0 Å². The Hall–Kier alpha value is -3.28. The first-order chi connectivity index (χ1) is 12.0. The molecule has 0 aliphatic carbocycles. The van der Waals surface area contributed by atoms with Gasteiger partial charge in [-0.3, -0.25) is 14.6 Å². The Labute approximate surface area is 145 Å². The van der Waals surface area contributed by atoms with E-state index in [1.54, 1.807) is 37.5 Å². The molecule has 3 aromatic rings. The number of hydrogen-bond donors (Lipinski definition) is 1. The van der Waals surface area contributed by atoms with Gasteiger partial charge in [-0.15, -0.1) is 0 Å². The number of aryl methyl sites for hydroxylation is 1. The van der Waals surface area contributed by atoms with Crippen molar-refractivity contribution >= 4 is 11.6 Å². The van der Waals surface area contributed by atoms with E-state index in [1.807, 2.05) is 31.2 Å².